The highest BCUT2D eigenvalue weighted by atomic mass is 32.1. The topological polar surface area (TPSA) is 50.2 Å². The summed E-state index contributed by atoms with van der Waals surface area (Å²) < 4.78 is 1.68. The van der Waals surface area contributed by atoms with Crippen LogP contribution in [0.2, 0.25) is 0 Å². The number of rotatable bonds is 2. The Labute approximate surface area is 121 Å². The maximum Gasteiger partial charge on any atom is 0.281 e. The van der Waals surface area contributed by atoms with Crippen LogP contribution in [0.1, 0.15) is 5.56 Å². The van der Waals surface area contributed by atoms with Crippen molar-refractivity contribution in [1.29, 1.82) is 0 Å². The van der Waals surface area contributed by atoms with Gasteiger partial charge in [-0.25, -0.2) is 0 Å². The summed E-state index contributed by atoms with van der Waals surface area (Å²) in [6, 6.07) is 9.33. The molecule has 3 rings (SSSR count). The number of thiocarbonyl (C=S) groups is 1. The third-order valence-corrected chi connectivity index (χ3v) is 3.21. The molecule has 0 bridgehead atoms. The predicted octanol–water partition coefficient (Wildman–Crippen LogP) is 1.68. The van der Waals surface area contributed by atoms with E-state index in [1.165, 1.54) is 4.90 Å². The molecular formula is C14H12N4OS. The molecule has 1 aliphatic heterocycles. The molecule has 2 aromatic rings. The maximum atomic E-state index is 12.4. The second-order valence-electron chi connectivity index (χ2n) is 4.41. The standard InChI is InChI=1S/C14H12N4OS/c1-17-9-10(8-15-17)7-12-13(19)18(14(20)16-12)11-5-3-2-4-6-11/h2-9H,1H3,(H,16,20)/b12-7+. The summed E-state index contributed by atoms with van der Waals surface area (Å²) in [5.74, 6) is -0.162. The van der Waals surface area contributed by atoms with Gasteiger partial charge in [-0.05, 0) is 30.4 Å². The summed E-state index contributed by atoms with van der Waals surface area (Å²) >= 11 is 5.23. The molecule has 0 atom stereocenters. The lowest BCUT2D eigenvalue weighted by Gasteiger charge is -2.13. The van der Waals surface area contributed by atoms with Crippen molar-refractivity contribution in [2.45, 2.75) is 0 Å². The number of hydrogen-bond donors (Lipinski definition) is 1. The zero-order valence-electron chi connectivity index (χ0n) is 10.8. The average molecular weight is 284 g/mol. The number of carbonyl (C=O) groups excluding carboxylic acids is 1. The van der Waals surface area contributed by atoms with Gasteiger partial charge in [0, 0.05) is 18.8 Å². The van der Waals surface area contributed by atoms with E-state index in [1.807, 2.05) is 43.6 Å². The fraction of sp³-hybridized carbons (Fsp3) is 0.0714. The molecule has 1 fully saturated rings. The van der Waals surface area contributed by atoms with Gasteiger partial charge in [0.25, 0.3) is 5.91 Å². The van der Waals surface area contributed by atoms with Crippen LogP contribution < -0.4 is 10.2 Å². The van der Waals surface area contributed by atoms with Crippen LogP contribution in [-0.4, -0.2) is 20.8 Å². The monoisotopic (exact) mass is 284 g/mol. The van der Waals surface area contributed by atoms with Gasteiger partial charge in [0.1, 0.15) is 5.70 Å². The highest BCUT2D eigenvalue weighted by Gasteiger charge is 2.31. The van der Waals surface area contributed by atoms with Crippen LogP contribution in [0.5, 0.6) is 0 Å². The minimum atomic E-state index is -0.162. The summed E-state index contributed by atoms with van der Waals surface area (Å²) in [5.41, 5.74) is 2.05. The van der Waals surface area contributed by atoms with Crippen LogP contribution >= 0.6 is 12.2 Å². The number of anilines is 1. The van der Waals surface area contributed by atoms with Gasteiger partial charge in [0.15, 0.2) is 5.11 Å². The Balaban J connectivity index is 1.93. The largest absolute Gasteiger partial charge is 0.327 e. The molecule has 0 unspecified atom stereocenters. The number of amides is 1. The molecule has 0 saturated carbocycles. The smallest absolute Gasteiger partial charge is 0.281 e. The van der Waals surface area contributed by atoms with Gasteiger partial charge >= 0.3 is 0 Å². The third kappa shape index (κ3) is 2.21. The fourth-order valence-electron chi connectivity index (χ4n) is 2.03. The molecule has 5 nitrogen and oxygen atoms in total. The molecule has 1 aliphatic rings. The first-order chi connectivity index (χ1) is 9.65. The average Bonchev–Trinajstić information content (AvgIpc) is 2.96. The van der Waals surface area contributed by atoms with E-state index in [0.717, 1.165) is 11.3 Å². The highest BCUT2D eigenvalue weighted by molar-refractivity contribution is 7.80. The lowest BCUT2D eigenvalue weighted by molar-refractivity contribution is -0.113. The minimum Gasteiger partial charge on any atom is -0.327 e. The lowest BCUT2D eigenvalue weighted by atomic mass is 10.2. The van der Waals surface area contributed by atoms with E-state index in [-0.39, 0.29) is 5.91 Å². The maximum absolute atomic E-state index is 12.4. The Morgan fingerprint density at radius 3 is 2.70 bits per heavy atom. The Hall–Kier alpha value is -2.47. The van der Waals surface area contributed by atoms with Gasteiger partial charge in [-0.3, -0.25) is 14.4 Å². The zero-order valence-corrected chi connectivity index (χ0v) is 11.6. The molecule has 1 saturated heterocycles. The van der Waals surface area contributed by atoms with Gasteiger partial charge in [-0.15, -0.1) is 0 Å². The summed E-state index contributed by atoms with van der Waals surface area (Å²) in [7, 11) is 1.83. The molecule has 1 N–H and O–H groups in total. The molecule has 0 aliphatic carbocycles. The molecule has 1 aromatic heterocycles. The van der Waals surface area contributed by atoms with Gasteiger partial charge in [-0.2, -0.15) is 5.10 Å². The molecule has 100 valence electrons. The Kier molecular flexibility index (Phi) is 3.08. The van der Waals surface area contributed by atoms with Gasteiger partial charge < -0.3 is 5.32 Å². The summed E-state index contributed by atoms with van der Waals surface area (Å²) in [6.45, 7) is 0. The molecule has 1 amide bonds. The van der Waals surface area contributed by atoms with Gasteiger partial charge in [0.05, 0.1) is 11.9 Å². The predicted molar refractivity (Wildman–Crippen MR) is 80.8 cm³/mol. The number of aryl methyl sites for hydroxylation is 1. The van der Waals surface area contributed by atoms with E-state index in [9.17, 15) is 4.79 Å². The molecule has 6 heteroatoms. The number of nitrogens with one attached hydrogen (secondary N) is 1. The van der Waals surface area contributed by atoms with Crippen molar-refractivity contribution in [3.63, 3.8) is 0 Å². The van der Waals surface area contributed by atoms with Crippen molar-refractivity contribution in [2.24, 2.45) is 7.05 Å². The second kappa shape index (κ2) is 4.90. The molecule has 1 aromatic carbocycles. The van der Waals surface area contributed by atoms with Crippen LogP contribution in [-0.2, 0) is 11.8 Å². The third-order valence-electron chi connectivity index (χ3n) is 2.93. The van der Waals surface area contributed by atoms with Crippen LogP contribution in [0.4, 0.5) is 5.69 Å². The van der Waals surface area contributed by atoms with Crippen LogP contribution in [0.25, 0.3) is 6.08 Å². The number of carbonyl (C=O) groups is 1. The number of benzene rings is 1. The van der Waals surface area contributed by atoms with E-state index >= 15 is 0 Å². The van der Waals surface area contributed by atoms with Crippen molar-refractivity contribution in [3.05, 3.63) is 54.0 Å². The second-order valence-corrected chi connectivity index (χ2v) is 4.80. The molecule has 0 spiro atoms. The van der Waals surface area contributed by atoms with Crippen LogP contribution in [0.3, 0.4) is 0 Å². The molecule has 0 radical (unpaired) electrons. The first kappa shape index (κ1) is 12.6. The quantitative estimate of drug-likeness (QED) is 0.673. The number of hydrogen-bond acceptors (Lipinski definition) is 3. The Morgan fingerprint density at radius 1 is 1.30 bits per heavy atom. The lowest BCUT2D eigenvalue weighted by Crippen LogP contribution is -2.30. The van der Waals surface area contributed by atoms with E-state index < -0.39 is 0 Å². The Bertz CT molecular complexity index is 705. The van der Waals surface area contributed by atoms with Crippen molar-refractivity contribution in [1.82, 2.24) is 15.1 Å². The summed E-state index contributed by atoms with van der Waals surface area (Å²) in [5, 5.41) is 7.39. The van der Waals surface area contributed by atoms with Crippen molar-refractivity contribution in [3.8, 4) is 0 Å². The van der Waals surface area contributed by atoms with Crippen molar-refractivity contribution in [2.75, 3.05) is 4.90 Å². The highest BCUT2D eigenvalue weighted by Crippen LogP contribution is 2.21. The number of aromatic nitrogens is 2. The van der Waals surface area contributed by atoms with Crippen LogP contribution in [0.15, 0.2) is 48.4 Å². The minimum absolute atomic E-state index is 0.162. The first-order valence-electron chi connectivity index (χ1n) is 6.06. The zero-order chi connectivity index (χ0) is 14.1. The first-order valence-corrected chi connectivity index (χ1v) is 6.47. The summed E-state index contributed by atoms with van der Waals surface area (Å²) in [4.78, 5) is 13.9. The van der Waals surface area contributed by atoms with Crippen LogP contribution in [0, 0.1) is 0 Å². The molecule has 2 heterocycles. The van der Waals surface area contributed by atoms with Gasteiger partial charge in [-0.1, -0.05) is 18.2 Å². The Morgan fingerprint density at radius 2 is 2.05 bits per heavy atom. The van der Waals surface area contributed by atoms with Crippen molar-refractivity contribution < 1.29 is 4.79 Å². The van der Waals surface area contributed by atoms with E-state index in [4.69, 9.17) is 12.2 Å². The SMILES string of the molecule is Cn1cc(/C=C2/NC(=S)N(c3ccccc3)C2=O)cn1. The number of para-hydroxylation sites is 1. The van der Waals surface area contributed by atoms with E-state index in [0.29, 0.717) is 10.8 Å². The fourth-order valence-corrected chi connectivity index (χ4v) is 2.33. The van der Waals surface area contributed by atoms with E-state index in [2.05, 4.69) is 10.4 Å². The normalized spacial score (nSPS) is 16.9. The van der Waals surface area contributed by atoms with E-state index in [1.54, 1.807) is 17.0 Å². The van der Waals surface area contributed by atoms with Gasteiger partial charge in [0.2, 0.25) is 0 Å². The number of nitrogens with zero attached hydrogens (tertiary/aromatic N) is 3. The molecular weight excluding hydrogens is 272 g/mol. The summed E-state index contributed by atoms with van der Waals surface area (Å²) in [6.07, 6.45) is 5.26. The van der Waals surface area contributed by atoms with Crippen molar-refractivity contribution >= 4 is 35.0 Å². The molecule has 20 heavy (non-hydrogen) atoms.